The molecule has 0 atom stereocenters. The SMILES string of the molecule is CCC(CC)NC(=O)CSC(C)(C)C. The van der Waals surface area contributed by atoms with E-state index < -0.39 is 0 Å². The highest BCUT2D eigenvalue weighted by atomic mass is 32.2. The lowest BCUT2D eigenvalue weighted by molar-refractivity contribution is -0.119. The van der Waals surface area contributed by atoms with Crippen LogP contribution in [0, 0.1) is 0 Å². The molecule has 0 unspecified atom stereocenters. The van der Waals surface area contributed by atoms with Crippen LogP contribution in [0.3, 0.4) is 0 Å². The Balaban J connectivity index is 3.75. The van der Waals surface area contributed by atoms with Crippen LogP contribution in [0.5, 0.6) is 0 Å². The molecular weight excluding hydrogens is 194 g/mol. The molecule has 0 aliphatic heterocycles. The third-order valence-corrected chi connectivity index (χ3v) is 3.26. The molecule has 0 rings (SSSR count). The molecule has 0 heterocycles. The molecule has 2 nitrogen and oxygen atoms in total. The lowest BCUT2D eigenvalue weighted by Gasteiger charge is -2.19. The van der Waals surface area contributed by atoms with E-state index in [9.17, 15) is 4.79 Å². The van der Waals surface area contributed by atoms with E-state index in [0.29, 0.717) is 11.8 Å². The van der Waals surface area contributed by atoms with Crippen LogP contribution in [-0.4, -0.2) is 22.4 Å². The van der Waals surface area contributed by atoms with E-state index in [1.807, 2.05) is 0 Å². The molecule has 14 heavy (non-hydrogen) atoms. The smallest absolute Gasteiger partial charge is 0.230 e. The van der Waals surface area contributed by atoms with Gasteiger partial charge in [0.25, 0.3) is 0 Å². The summed E-state index contributed by atoms with van der Waals surface area (Å²) in [5.41, 5.74) is 0. The first-order valence-corrected chi connectivity index (χ1v) is 6.31. The van der Waals surface area contributed by atoms with Crippen LogP contribution in [0.15, 0.2) is 0 Å². The fourth-order valence-corrected chi connectivity index (χ4v) is 1.69. The molecule has 0 fully saturated rings. The summed E-state index contributed by atoms with van der Waals surface area (Å²) in [6.45, 7) is 10.6. The minimum absolute atomic E-state index is 0.165. The van der Waals surface area contributed by atoms with Gasteiger partial charge in [0.1, 0.15) is 0 Å². The number of thioether (sulfide) groups is 1. The van der Waals surface area contributed by atoms with Crippen LogP contribution < -0.4 is 5.32 Å². The molecule has 0 spiro atoms. The largest absolute Gasteiger partial charge is 0.353 e. The first-order chi connectivity index (χ1) is 6.39. The predicted molar refractivity (Wildman–Crippen MR) is 64.7 cm³/mol. The Morgan fingerprint density at radius 3 is 2.14 bits per heavy atom. The van der Waals surface area contributed by atoms with Gasteiger partial charge in [-0.2, -0.15) is 0 Å². The number of carbonyl (C=O) groups excluding carboxylic acids is 1. The van der Waals surface area contributed by atoms with Gasteiger partial charge in [-0.1, -0.05) is 34.6 Å². The third kappa shape index (κ3) is 7.25. The summed E-state index contributed by atoms with van der Waals surface area (Å²) in [5, 5.41) is 3.03. The number of hydrogen-bond donors (Lipinski definition) is 1. The van der Waals surface area contributed by atoms with Gasteiger partial charge in [-0.25, -0.2) is 0 Å². The van der Waals surface area contributed by atoms with Gasteiger partial charge >= 0.3 is 0 Å². The highest BCUT2D eigenvalue weighted by Crippen LogP contribution is 2.22. The summed E-state index contributed by atoms with van der Waals surface area (Å²) in [7, 11) is 0. The molecule has 84 valence electrons. The van der Waals surface area contributed by atoms with Crippen molar-refractivity contribution in [3.8, 4) is 0 Å². The highest BCUT2D eigenvalue weighted by Gasteiger charge is 2.14. The van der Waals surface area contributed by atoms with Crippen molar-refractivity contribution < 1.29 is 4.79 Å². The zero-order valence-corrected chi connectivity index (χ0v) is 10.8. The van der Waals surface area contributed by atoms with Gasteiger partial charge in [0.2, 0.25) is 5.91 Å². The van der Waals surface area contributed by atoms with E-state index >= 15 is 0 Å². The molecule has 0 radical (unpaired) electrons. The van der Waals surface area contributed by atoms with Crippen LogP contribution in [0.1, 0.15) is 47.5 Å². The topological polar surface area (TPSA) is 29.1 Å². The Morgan fingerprint density at radius 1 is 1.29 bits per heavy atom. The van der Waals surface area contributed by atoms with E-state index in [2.05, 4.69) is 39.9 Å². The van der Waals surface area contributed by atoms with Gasteiger partial charge in [0.15, 0.2) is 0 Å². The minimum atomic E-state index is 0.165. The lowest BCUT2D eigenvalue weighted by atomic mass is 10.2. The van der Waals surface area contributed by atoms with Gasteiger partial charge < -0.3 is 5.32 Å². The van der Waals surface area contributed by atoms with Crippen LogP contribution >= 0.6 is 11.8 Å². The summed E-state index contributed by atoms with van der Waals surface area (Å²) in [4.78, 5) is 11.5. The van der Waals surface area contributed by atoms with Crippen molar-refractivity contribution in [3.05, 3.63) is 0 Å². The lowest BCUT2D eigenvalue weighted by Crippen LogP contribution is -2.35. The fraction of sp³-hybridized carbons (Fsp3) is 0.909. The van der Waals surface area contributed by atoms with Crippen LogP contribution in [0.2, 0.25) is 0 Å². The first-order valence-electron chi connectivity index (χ1n) is 5.32. The van der Waals surface area contributed by atoms with Gasteiger partial charge in [0, 0.05) is 10.8 Å². The molecule has 0 aromatic heterocycles. The summed E-state index contributed by atoms with van der Waals surface area (Å²) in [5.74, 6) is 0.735. The molecule has 0 aliphatic rings. The Hall–Kier alpha value is -0.180. The second kappa shape index (κ2) is 6.33. The zero-order chi connectivity index (χ0) is 11.2. The number of nitrogens with one attached hydrogen (secondary N) is 1. The Morgan fingerprint density at radius 2 is 1.79 bits per heavy atom. The van der Waals surface area contributed by atoms with Gasteiger partial charge in [-0.15, -0.1) is 11.8 Å². The van der Waals surface area contributed by atoms with E-state index in [4.69, 9.17) is 0 Å². The second-order valence-electron chi connectivity index (χ2n) is 4.48. The predicted octanol–water partition coefficient (Wildman–Crippen LogP) is 2.82. The number of hydrogen-bond acceptors (Lipinski definition) is 2. The van der Waals surface area contributed by atoms with Crippen molar-refractivity contribution >= 4 is 17.7 Å². The van der Waals surface area contributed by atoms with Crippen molar-refractivity contribution in [2.24, 2.45) is 0 Å². The first kappa shape index (κ1) is 13.8. The number of amides is 1. The number of carbonyl (C=O) groups is 1. The van der Waals surface area contributed by atoms with E-state index in [-0.39, 0.29) is 10.7 Å². The average Bonchev–Trinajstić information content (AvgIpc) is 2.09. The standard InChI is InChI=1S/C11H23NOS/c1-6-9(7-2)12-10(13)8-14-11(3,4)5/h9H,6-8H2,1-5H3,(H,12,13). The molecule has 0 aliphatic carbocycles. The summed E-state index contributed by atoms with van der Waals surface area (Å²) < 4.78 is 0.172. The molecule has 0 saturated heterocycles. The van der Waals surface area contributed by atoms with Crippen LogP contribution in [0.4, 0.5) is 0 Å². The van der Waals surface area contributed by atoms with Crippen molar-refractivity contribution in [1.82, 2.24) is 5.32 Å². The summed E-state index contributed by atoms with van der Waals surface area (Å²) in [6.07, 6.45) is 2.03. The molecule has 0 bridgehead atoms. The van der Waals surface area contributed by atoms with E-state index in [0.717, 1.165) is 12.8 Å². The van der Waals surface area contributed by atoms with Gasteiger partial charge in [-0.05, 0) is 12.8 Å². The highest BCUT2D eigenvalue weighted by molar-refractivity contribution is 8.01. The maximum absolute atomic E-state index is 11.5. The molecule has 3 heteroatoms. The molecule has 0 saturated carbocycles. The van der Waals surface area contributed by atoms with Crippen molar-refractivity contribution in [2.45, 2.75) is 58.2 Å². The van der Waals surface area contributed by atoms with Gasteiger partial charge in [-0.3, -0.25) is 4.79 Å². The minimum Gasteiger partial charge on any atom is -0.353 e. The molecular formula is C11H23NOS. The Bertz CT molecular complexity index is 171. The average molecular weight is 217 g/mol. The zero-order valence-electron chi connectivity index (χ0n) is 10.0. The Labute approximate surface area is 92.2 Å². The van der Waals surface area contributed by atoms with Crippen LogP contribution in [-0.2, 0) is 4.79 Å². The summed E-state index contributed by atoms with van der Waals surface area (Å²) in [6, 6.07) is 0.350. The van der Waals surface area contributed by atoms with Crippen LogP contribution in [0.25, 0.3) is 0 Å². The van der Waals surface area contributed by atoms with Crippen molar-refractivity contribution in [2.75, 3.05) is 5.75 Å². The molecule has 1 N–H and O–H groups in total. The van der Waals surface area contributed by atoms with Gasteiger partial charge in [0.05, 0.1) is 5.75 Å². The molecule has 0 aromatic rings. The monoisotopic (exact) mass is 217 g/mol. The normalized spacial score (nSPS) is 11.9. The maximum Gasteiger partial charge on any atom is 0.230 e. The quantitative estimate of drug-likeness (QED) is 0.767. The van der Waals surface area contributed by atoms with Crippen molar-refractivity contribution in [1.29, 1.82) is 0 Å². The van der Waals surface area contributed by atoms with Crippen molar-refractivity contribution in [3.63, 3.8) is 0 Å². The van der Waals surface area contributed by atoms with E-state index in [1.54, 1.807) is 11.8 Å². The second-order valence-corrected chi connectivity index (χ2v) is 6.28. The van der Waals surface area contributed by atoms with E-state index in [1.165, 1.54) is 0 Å². The Kier molecular flexibility index (Phi) is 6.25. The molecule has 0 aromatic carbocycles. The number of rotatable bonds is 5. The third-order valence-electron chi connectivity index (χ3n) is 1.99. The molecule has 1 amide bonds. The fourth-order valence-electron chi connectivity index (χ4n) is 1.04. The maximum atomic E-state index is 11.5. The summed E-state index contributed by atoms with van der Waals surface area (Å²) >= 11 is 1.69.